The lowest BCUT2D eigenvalue weighted by atomic mass is 10.1. The van der Waals surface area contributed by atoms with E-state index in [1.807, 2.05) is 0 Å². The van der Waals surface area contributed by atoms with E-state index in [4.69, 9.17) is 23.3 Å². The quantitative estimate of drug-likeness (QED) is 0.399. The molecule has 118 valence electrons. The van der Waals surface area contributed by atoms with Gasteiger partial charge in [-0.2, -0.15) is 8.42 Å². The summed E-state index contributed by atoms with van der Waals surface area (Å²) >= 11 is 0. The fourth-order valence-corrected chi connectivity index (χ4v) is 1.81. The molecule has 0 spiro atoms. The minimum absolute atomic E-state index is 0.872. The van der Waals surface area contributed by atoms with Crippen LogP contribution < -0.4 is 5.73 Å². The first-order valence-corrected chi connectivity index (χ1v) is 8.71. The van der Waals surface area contributed by atoms with E-state index in [2.05, 4.69) is 6.92 Å². The van der Waals surface area contributed by atoms with E-state index in [-0.39, 0.29) is 0 Å². The summed E-state index contributed by atoms with van der Waals surface area (Å²) in [7, 11) is -4.67. The summed E-state index contributed by atoms with van der Waals surface area (Å²) in [6, 6.07) is 0. The van der Waals surface area contributed by atoms with Gasteiger partial charge in [-0.3, -0.25) is 9.11 Å². The maximum atomic E-state index is 8.74. The van der Waals surface area contributed by atoms with Crippen LogP contribution in [0, 0.1) is 0 Å². The van der Waals surface area contributed by atoms with E-state index in [1.165, 1.54) is 70.6 Å². The molecule has 0 atom stereocenters. The maximum Gasteiger partial charge on any atom is 0.394 e. The second kappa shape index (κ2) is 15.9. The van der Waals surface area contributed by atoms with Gasteiger partial charge in [-0.15, -0.1) is 0 Å². The molecule has 0 radical (unpaired) electrons. The number of unbranched alkanes of at least 4 members (excludes halogenated alkanes) is 10. The van der Waals surface area contributed by atoms with Crippen molar-refractivity contribution in [3.63, 3.8) is 0 Å². The molecule has 0 aromatic rings. The van der Waals surface area contributed by atoms with Crippen LogP contribution in [-0.2, 0) is 10.4 Å². The summed E-state index contributed by atoms with van der Waals surface area (Å²) in [6.07, 6.45) is 15.4. The lowest BCUT2D eigenvalue weighted by molar-refractivity contribution is 0.381. The minimum atomic E-state index is -4.67. The van der Waals surface area contributed by atoms with Crippen molar-refractivity contribution in [2.45, 2.75) is 77.6 Å². The largest absolute Gasteiger partial charge is 0.394 e. The average Bonchev–Trinajstić information content (AvgIpc) is 2.29. The Morgan fingerprint density at radius 2 is 1.00 bits per heavy atom. The molecule has 0 aromatic carbocycles. The molecule has 0 fully saturated rings. The van der Waals surface area contributed by atoms with Crippen molar-refractivity contribution in [2.75, 3.05) is 6.54 Å². The molecule has 0 aliphatic heterocycles. The molecule has 4 N–H and O–H groups in total. The fraction of sp³-hybridized carbons (Fsp3) is 1.00. The summed E-state index contributed by atoms with van der Waals surface area (Å²) in [5.74, 6) is 0. The molecule has 0 bridgehead atoms. The van der Waals surface area contributed by atoms with E-state index in [0.717, 1.165) is 6.54 Å². The van der Waals surface area contributed by atoms with Gasteiger partial charge in [0.1, 0.15) is 0 Å². The van der Waals surface area contributed by atoms with Gasteiger partial charge < -0.3 is 5.73 Å². The molecule has 0 amide bonds. The van der Waals surface area contributed by atoms with Crippen molar-refractivity contribution < 1.29 is 17.5 Å². The van der Waals surface area contributed by atoms with Crippen LogP contribution in [0.25, 0.3) is 0 Å². The Hall–Kier alpha value is -0.170. The average molecular weight is 297 g/mol. The monoisotopic (exact) mass is 297 g/mol. The van der Waals surface area contributed by atoms with Crippen LogP contribution in [0.3, 0.4) is 0 Å². The highest BCUT2D eigenvalue weighted by Gasteiger charge is 1.91. The zero-order valence-electron chi connectivity index (χ0n) is 12.2. The summed E-state index contributed by atoms with van der Waals surface area (Å²) in [4.78, 5) is 0. The zero-order valence-corrected chi connectivity index (χ0v) is 13.0. The molecule has 19 heavy (non-hydrogen) atoms. The van der Waals surface area contributed by atoms with Gasteiger partial charge in [-0.25, -0.2) is 0 Å². The number of hydrogen-bond acceptors (Lipinski definition) is 3. The van der Waals surface area contributed by atoms with Crippen LogP contribution in [0.15, 0.2) is 0 Å². The van der Waals surface area contributed by atoms with Crippen LogP contribution in [-0.4, -0.2) is 24.1 Å². The smallest absolute Gasteiger partial charge is 0.330 e. The van der Waals surface area contributed by atoms with Crippen LogP contribution in [0.5, 0.6) is 0 Å². The molecule has 6 heteroatoms. The summed E-state index contributed by atoms with van der Waals surface area (Å²) in [6.45, 7) is 3.15. The lowest BCUT2D eigenvalue weighted by Crippen LogP contribution is -1.97. The molecule has 0 aliphatic rings. The first kappa shape index (κ1) is 21.1. The molecule has 5 nitrogen and oxygen atoms in total. The molecule has 0 aliphatic carbocycles. The van der Waals surface area contributed by atoms with Crippen LogP contribution in [0.1, 0.15) is 77.6 Å². The molecule has 0 heterocycles. The van der Waals surface area contributed by atoms with Crippen molar-refractivity contribution in [3.05, 3.63) is 0 Å². The second-order valence-electron chi connectivity index (χ2n) is 4.77. The van der Waals surface area contributed by atoms with Gasteiger partial charge >= 0.3 is 10.4 Å². The van der Waals surface area contributed by atoms with Gasteiger partial charge in [0, 0.05) is 0 Å². The first-order valence-electron chi connectivity index (χ1n) is 7.31. The van der Waals surface area contributed by atoms with E-state index in [0.29, 0.717) is 0 Å². The maximum absolute atomic E-state index is 8.74. The highest BCUT2D eigenvalue weighted by molar-refractivity contribution is 7.79. The Bertz CT molecular complexity index is 235. The summed E-state index contributed by atoms with van der Waals surface area (Å²) in [5, 5.41) is 0. The van der Waals surface area contributed by atoms with E-state index in [1.54, 1.807) is 0 Å². The van der Waals surface area contributed by atoms with Gasteiger partial charge in [0.15, 0.2) is 0 Å². The Kier molecular flexibility index (Phi) is 17.7. The molecular weight excluding hydrogens is 266 g/mol. The lowest BCUT2D eigenvalue weighted by Gasteiger charge is -2.01. The minimum Gasteiger partial charge on any atom is -0.330 e. The summed E-state index contributed by atoms with van der Waals surface area (Å²) in [5.41, 5.74) is 5.44. The van der Waals surface area contributed by atoms with Crippen LogP contribution in [0.2, 0.25) is 0 Å². The Morgan fingerprint density at radius 1 is 0.737 bits per heavy atom. The number of nitrogens with two attached hydrogens (primary N) is 1. The van der Waals surface area contributed by atoms with E-state index in [9.17, 15) is 0 Å². The molecule has 0 saturated carbocycles. The van der Waals surface area contributed by atoms with Gasteiger partial charge in [-0.1, -0.05) is 71.1 Å². The van der Waals surface area contributed by atoms with Crippen molar-refractivity contribution in [3.8, 4) is 0 Å². The molecule has 0 aromatic heterocycles. The number of hydrogen-bond donors (Lipinski definition) is 3. The Labute approximate surface area is 118 Å². The standard InChI is InChI=1S/C13H29N.H2O4S/c1-2-3-4-5-6-7-8-9-10-11-12-13-14;1-5(2,3)4/h2-14H2,1H3;(H2,1,2,3,4). The van der Waals surface area contributed by atoms with Gasteiger partial charge in [0.2, 0.25) is 0 Å². The predicted octanol–water partition coefficient (Wildman–Crippen LogP) is 3.60. The molecule has 0 rings (SSSR count). The third kappa shape index (κ3) is 38.1. The first-order chi connectivity index (χ1) is 8.91. The Balaban J connectivity index is 0. The number of rotatable bonds is 11. The molecule has 0 saturated heterocycles. The van der Waals surface area contributed by atoms with Gasteiger partial charge in [0.25, 0.3) is 0 Å². The molecule has 0 unspecified atom stereocenters. The topological polar surface area (TPSA) is 101 Å². The predicted molar refractivity (Wildman–Crippen MR) is 79.7 cm³/mol. The molecular formula is C13H31NO4S. The van der Waals surface area contributed by atoms with E-state index >= 15 is 0 Å². The van der Waals surface area contributed by atoms with Crippen LogP contribution in [0.4, 0.5) is 0 Å². The van der Waals surface area contributed by atoms with E-state index < -0.39 is 10.4 Å². The summed E-state index contributed by atoms with van der Waals surface area (Å²) < 4.78 is 31.6. The fourth-order valence-electron chi connectivity index (χ4n) is 1.81. The van der Waals surface area contributed by atoms with Crippen molar-refractivity contribution in [1.82, 2.24) is 0 Å². The normalized spacial score (nSPS) is 10.9. The van der Waals surface area contributed by atoms with Gasteiger partial charge in [0.05, 0.1) is 0 Å². The highest BCUT2D eigenvalue weighted by atomic mass is 32.3. The van der Waals surface area contributed by atoms with Crippen molar-refractivity contribution in [2.24, 2.45) is 5.73 Å². The van der Waals surface area contributed by atoms with Crippen molar-refractivity contribution >= 4 is 10.4 Å². The van der Waals surface area contributed by atoms with Crippen LogP contribution >= 0.6 is 0 Å². The second-order valence-corrected chi connectivity index (χ2v) is 5.67. The third-order valence-electron chi connectivity index (χ3n) is 2.81. The zero-order chi connectivity index (χ0) is 15.0. The van der Waals surface area contributed by atoms with Gasteiger partial charge in [-0.05, 0) is 13.0 Å². The van der Waals surface area contributed by atoms with Crippen molar-refractivity contribution in [1.29, 1.82) is 0 Å². The highest BCUT2D eigenvalue weighted by Crippen LogP contribution is 2.10. The SMILES string of the molecule is CCCCCCCCCCCCCN.O=S(=O)(O)O. The Morgan fingerprint density at radius 3 is 1.26 bits per heavy atom. The third-order valence-corrected chi connectivity index (χ3v) is 2.81.